The van der Waals surface area contributed by atoms with Crippen LogP contribution in [0.2, 0.25) is 0 Å². The number of hydrogen-bond donors (Lipinski definition) is 3. The van der Waals surface area contributed by atoms with E-state index in [1.165, 1.54) is 13.2 Å². The van der Waals surface area contributed by atoms with Gasteiger partial charge >= 0.3 is 0 Å². The van der Waals surface area contributed by atoms with Gasteiger partial charge in [-0.15, -0.1) is 10.2 Å². The fraction of sp³-hybridized carbons (Fsp3) is 0.333. The van der Waals surface area contributed by atoms with Gasteiger partial charge in [-0.3, -0.25) is 9.59 Å². The molecule has 5 rings (SSSR count). The lowest BCUT2D eigenvalue weighted by Crippen LogP contribution is -2.37. The standard InChI is InChI=1S/C24H26N8O3/c1-25-24(34)20-18(11-19(30-31-20)29-23(33)14-7-8-14)28-17-6-3-5-16(21(17)35-2)22-26-12-15(13-27-22)32-9-4-10-32/h3,5-6,11-14H,4,7-10H2,1-2H3,(H,25,34)(H2,28,29,30,33)/i1D3. The minimum absolute atomic E-state index is 0.0731. The van der Waals surface area contributed by atoms with Crippen LogP contribution in [0, 0.1) is 5.92 Å². The van der Waals surface area contributed by atoms with Crippen molar-refractivity contribution in [3.05, 3.63) is 42.4 Å². The summed E-state index contributed by atoms with van der Waals surface area (Å²) in [4.78, 5) is 36.2. The predicted octanol–water partition coefficient (Wildman–Crippen LogP) is 2.60. The number of hydrogen-bond acceptors (Lipinski definition) is 9. The number of para-hydroxylation sites is 1. The van der Waals surface area contributed by atoms with E-state index in [0.717, 1.165) is 38.0 Å². The summed E-state index contributed by atoms with van der Waals surface area (Å²) in [5, 5.41) is 15.5. The number of carbonyl (C=O) groups excluding carboxylic acids is 2. The monoisotopic (exact) mass is 477 g/mol. The number of benzene rings is 1. The normalized spacial score (nSPS) is 16.3. The van der Waals surface area contributed by atoms with Crippen molar-refractivity contribution in [3.63, 3.8) is 0 Å². The van der Waals surface area contributed by atoms with E-state index >= 15 is 0 Å². The molecule has 1 saturated carbocycles. The zero-order chi connectivity index (χ0) is 26.9. The largest absolute Gasteiger partial charge is 0.494 e. The number of amides is 2. The van der Waals surface area contributed by atoms with Crippen LogP contribution < -0.4 is 25.6 Å². The van der Waals surface area contributed by atoms with E-state index in [9.17, 15) is 9.59 Å². The molecule has 1 aliphatic carbocycles. The zero-order valence-electron chi connectivity index (χ0n) is 22.0. The topological polar surface area (TPSA) is 134 Å². The molecule has 0 bridgehead atoms. The highest BCUT2D eigenvalue weighted by molar-refractivity contribution is 6.00. The van der Waals surface area contributed by atoms with E-state index in [-0.39, 0.29) is 29.0 Å². The fourth-order valence-corrected chi connectivity index (χ4v) is 3.72. The second kappa shape index (κ2) is 9.53. The number of carbonyl (C=O) groups is 2. The molecule has 3 heterocycles. The van der Waals surface area contributed by atoms with E-state index in [1.807, 2.05) is 5.32 Å². The minimum atomic E-state index is -2.73. The lowest BCUT2D eigenvalue weighted by atomic mass is 10.1. The summed E-state index contributed by atoms with van der Waals surface area (Å²) < 4.78 is 27.8. The van der Waals surface area contributed by atoms with Crippen LogP contribution in [0.1, 0.15) is 33.9 Å². The Bertz CT molecular complexity index is 1360. The van der Waals surface area contributed by atoms with E-state index in [0.29, 0.717) is 22.8 Å². The summed E-state index contributed by atoms with van der Waals surface area (Å²) in [6.45, 7) is -0.773. The van der Waals surface area contributed by atoms with Gasteiger partial charge in [-0.1, -0.05) is 6.07 Å². The average Bonchev–Trinajstić information content (AvgIpc) is 3.68. The third kappa shape index (κ3) is 4.70. The van der Waals surface area contributed by atoms with Crippen LogP contribution in [0.5, 0.6) is 5.75 Å². The Morgan fingerprint density at radius 1 is 1.14 bits per heavy atom. The number of methoxy groups -OCH3 is 1. The third-order valence-corrected chi connectivity index (χ3v) is 5.91. The summed E-state index contributed by atoms with van der Waals surface area (Å²) in [5.41, 5.74) is 1.84. The first-order valence-corrected chi connectivity index (χ1v) is 11.2. The summed E-state index contributed by atoms with van der Waals surface area (Å²) in [6, 6.07) is 6.70. The van der Waals surface area contributed by atoms with E-state index < -0.39 is 12.9 Å². The van der Waals surface area contributed by atoms with Gasteiger partial charge < -0.3 is 25.6 Å². The molecular formula is C24H26N8O3. The molecule has 0 unspecified atom stereocenters. The fourth-order valence-electron chi connectivity index (χ4n) is 3.72. The number of nitrogens with zero attached hydrogens (tertiary/aromatic N) is 5. The molecule has 1 aromatic carbocycles. The molecule has 2 aromatic heterocycles. The van der Waals surface area contributed by atoms with Gasteiger partial charge in [-0.2, -0.15) is 0 Å². The van der Waals surface area contributed by atoms with Gasteiger partial charge in [0.25, 0.3) is 5.91 Å². The second-order valence-corrected chi connectivity index (χ2v) is 8.33. The van der Waals surface area contributed by atoms with Gasteiger partial charge in [0.2, 0.25) is 5.91 Å². The van der Waals surface area contributed by atoms with E-state index in [2.05, 4.69) is 35.7 Å². The first-order chi connectivity index (χ1) is 18.2. The number of anilines is 4. The molecule has 180 valence electrons. The lowest BCUT2D eigenvalue weighted by Gasteiger charge is -2.32. The Morgan fingerprint density at radius 2 is 1.94 bits per heavy atom. The smallest absolute Gasteiger partial charge is 0.273 e. The van der Waals surface area contributed by atoms with E-state index in [1.54, 1.807) is 30.6 Å². The quantitative estimate of drug-likeness (QED) is 0.447. The number of nitrogens with one attached hydrogen (secondary N) is 3. The maximum Gasteiger partial charge on any atom is 0.273 e. The summed E-state index contributed by atoms with van der Waals surface area (Å²) in [5.74, 6) is -0.263. The molecule has 0 spiro atoms. The Balaban J connectivity index is 1.48. The van der Waals surface area contributed by atoms with Crippen LogP contribution in [0.4, 0.5) is 22.9 Å². The highest BCUT2D eigenvalue weighted by Gasteiger charge is 2.30. The van der Waals surface area contributed by atoms with Crippen molar-refractivity contribution < 1.29 is 18.4 Å². The zero-order valence-corrected chi connectivity index (χ0v) is 19.0. The van der Waals surface area contributed by atoms with Crippen molar-refractivity contribution >= 4 is 34.7 Å². The first-order valence-electron chi connectivity index (χ1n) is 12.7. The summed E-state index contributed by atoms with van der Waals surface area (Å²) in [7, 11) is 1.49. The Labute approximate surface area is 206 Å². The number of rotatable bonds is 8. The lowest BCUT2D eigenvalue weighted by molar-refractivity contribution is -0.117. The van der Waals surface area contributed by atoms with Crippen molar-refractivity contribution in [1.29, 1.82) is 0 Å². The van der Waals surface area contributed by atoms with Crippen LogP contribution in [-0.2, 0) is 4.79 Å². The SMILES string of the molecule is [2H]C([2H])([2H])NC(=O)c1nnc(NC(=O)C2CC2)cc1Nc1cccc(-c2ncc(N3CCC3)cn2)c1OC. The van der Waals surface area contributed by atoms with Gasteiger partial charge in [-0.05, 0) is 31.4 Å². The third-order valence-electron chi connectivity index (χ3n) is 5.91. The molecule has 11 nitrogen and oxygen atoms in total. The molecule has 35 heavy (non-hydrogen) atoms. The molecular weight excluding hydrogens is 448 g/mol. The average molecular weight is 478 g/mol. The molecule has 2 amide bonds. The Hall–Kier alpha value is -4.28. The highest BCUT2D eigenvalue weighted by Crippen LogP contribution is 2.37. The van der Waals surface area contributed by atoms with Crippen molar-refractivity contribution in [1.82, 2.24) is 25.5 Å². The molecule has 11 heteroatoms. The van der Waals surface area contributed by atoms with Crippen LogP contribution in [-0.4, -0.2) is 59.2 Å². The van der Waals surface area contributed by atoms with Gasteiger partial charge in [0.05, 0.1) is 42.1 Å². The first kappa shape index (κ1) is 19.1. The molecule has 2 fully saturated rings. The van der Waals surface area contributed by atoms with Crippen LogP contribution in [0.25, 0.3) is 11.4 Å². The van der Waals surface area contributed by atoms with Crippen LogP contribution in [0.15, 0.2) is 36.7 Å². The predicted molar refractivity (Wildman–Crippen MR) is 131 cm³/mol. The van der Waals surface area contributed by atoms with E-state index in [4.69, 9.17) is 8.85 Å². The molecule has 0 atom stereocenters. The molecule has 0 radical (unpaired) electrons. The van der Waals surface area contributed by atoms with Crippen LogP contribution >= 0.6 is 0 Å². The maximum absolute atomic E-state index is 12.7. The molecule has 1 aliphatic heterocycles. The van der Waals surface area contributed by atoms with Crippen LogP contribution in [0.3, 0.4) is 0 Å². The molecule has 2 aliphatic rings. The molecule has 3 aromatic rings. The van der Waals surface area contributed by atoms with Crippen molar-refractivity contribution in [3.8, 4) is 17.1 Å². The molecule has 3 N–H and O–H groups in total. The number of ether oxygens (including phenoxy) is 1. The number of aromatic nitrogens is 4. The molecule has 1 saturated heterocycles. The van der Waals surface area contributed by atoms with Crippen molar-refractivity contribution in [2.45, 2.75) is 19.3 Å². The van der Waals surface area contributed by atoms with Gasteiger partial charge in [0.1, 0.15) is 0 Å². The van der Waals surface area contributed by atoms with Gasteiger partial charge in [0.15, 0.2) is 23.1 Å². The Morgan fingerprint density at radius 3 is 2.60 bits per heavy atom. The van der Waals surface area contributed by atoms with Crippen molar-refractivity contribution in [2.75, 3.05) is 42.7 Å². The highest BCUT2D eigenvalue weighted by atomic mass is 16.5. The summed E-state index contributed by atoms with van der Waals surface area (Å²) in [6.07, 6.45) is 6.27. The van der Waals surface area contributed by atoms with Crippen molar-refractivity contribution in [2.24, 2.45) is 5.92 Å². The minimum Gasteiger partial charge on any atom is -0.494 e. The van der Waals surface area contributed by atoms with Gasteiger partial charge in [-0.25, -0.2) is 9.97 Å². The second-order valence-electron chi connectivity index (χ2n) is 8.33. The summed E-state index contributed by atoms with van der Waals surface area (Å²) >= 11 is 0. The Kier molecular flexibility index (Phi) is 5.19. The maximum atomic E-state index is 12.7. The van der Waals surface area contributed by atoms with Gasteiger partial charge in [0, 0.05) is 36.2 Å².